The van der Waals surface area contributed by atoms with Crippen LogP contribution in [0.3, 0.4) is 0 Å². The van der Waals surface area contributed by atoms with Crippen LogP contribution in [0.1, 0.15) is 53.4 Å². The molecule has 3 fully saturated rings. The predicted molar refractivity (Wildman–Crippen MR) is 65.0 cm³/mol. The first-order valence-corrected chi connectivity index (χ1v) is 6.93. The molecule has 5 atom stereocenters. The van der Waals surface area contributed by atoms with Gasteiger partial charge in [-0.25, -0.2) is 0 Å². The number of fused-ring (bicyclic) bond motifs is 3. The van der Waals surface area contributed by atoms with Crippen LogP contribution in [0, 0.1) is 34.5 Å². The molecule has 0 aromatic heterocycles. The van der Waals surface area contributed by atoms with E-state index in [9.17, 15) is 4.79 Å². The number of Topliss-reactive ketones (excluding diaryl/α,β-unsaturated/α-hetero) is 1. The second-order valence-electron chi connectivity index (χ2n) is 7.31. The molecule has 3 rings (SSSR count). The first-order chi connectivity index (χ1) is 7.40. The van der Waals surface area contributed by atoms with Gasteiger partial charge in [0.05, 0.1) is 0 Å². The Morgan fingerprint density at radius 1 is 1.12 bits per heavy atom. The highest BCUT2D eigenvalue weighted by Crippen LogP contribution is 2.74. The van der Waals surface area contributed by atoms with Gasteiger partial charge in [0.25, 0.3) is 0 Å². The minimum Gasteiger partial charge on any atom is -0.299 e. The van der Waals surface area contributed by atoms with E-state index in [1.54, 1.807) is 0 Å². The fraction of sp³-hybridized carbons (Fsp3) is 0.933. The maximum absolute atomic E-state index is 12.2. The van der Waals surface area contributed by atoms with E-state index in [-0.39, 0.29) is 0 Å². The minimum absolute atomic E-state index is 0.321. The first-order valence-electron chi connectivity index (χ1n) is 6.93. The van der Waals surface area contributed by atoms with E-state index in [1.807, 2.05) is 0 Å². The molecule has 3 aliphatic rings. The van der Waals surface area contributed by atoms with Crippen LogP contribution in [0.4, 0.5) is 0 Å². The van der Waals surface area contributed by atoms with Crippen LogP contribution in [-0.4, -0.2) is 5.78 Å². The maximum Gasteiger partial charge on any atom is 0.136 e. The van der Waals surface area contributed by atoms with E-state index in [2.05, 4.69) is 27.7 Å². The normalized spacial score (nSPS) is 54.1. The Morgan fingerprint density at radius 2 is 1.81 bits per heavy atom. The number of rotatable bonds is 0. The van der Waals surface area contributed by atoms with E-state index in [1.165, 1.54) is 6.42 Å². The number of carbonyl (C=O) groups excluding carboxylic acids is 1. The van der Waals surface area contributed by atoms with Crippen LogP contribution in [0.5, 0.6) is 0 Å². The summed E-state index contributed by atoms with van der Waals surface area (Å²) in [5, 5.41) is 0. The van der Waals surface area contributed by atoms with Crippen LogP contribution in [0.25, 0.3) is 0 Å². The van der Waals surface area contributed by atoms with Crippen LogP contribution in [0.2, 0.25) is 0 Å². The lowest BCUT2D eigenvalue weighted by Crippen LogP contribution is -2.35. The van der Waals surface area contributed by atoms with Crippen LogP contribution in [0.15, 0.2) is 0 Å². The van der Waals surface area contributed by atoms with Crippen LogP contribution >= 0.6 is 0 Å². The van der Waals surface area contributed by atoms with Crippen molar-refractivity contribution in [3.63, 3.8) is 0 Å². The van der Waals surface area contributed by atoms with E-state index in [4.69, 9.17) is 0 Å². The van der Waals surface area contributed by atoms with Gasteiger partial charge in [0.2, 0.25) is 0 Å². The Bertz CT molecular complexity index is 343. The minimum atomic E-state index is 0.321. The fourth-order valence-corrected chi connectivity index (χ4v) is 5.40. The van der Waals surface area contributed by atoms with Crippen molar-refractivity contribution in [2.75, 3.05) is 0 Å². The Balaban J connectivity index is 2.03. The molecule has 0 radical (unpaired) electrons. The first kappa shape index (κ1) is 10.8. The number of hydrogen-bond donors (Lipinski definition) is 0. The number of carbonyl (C=O) groups is 1. The van der Waals surface area contributed by atoms with Gasteiger partial charge in [-0.1, -0.05) is 27.7 Å². The molecule has 0 N–H and O–H groups in total. The molecule has 0 spiro atoms. The molecule has 1 heteroatoms. The highest BCUT2D eigenvalue weighted by molar-refractivity contribution is 5.83. The molecule has 0 amide bonds. The Labute approximate surface area is 99.0 Å². The average molecular weight is 220 g/mol. The largest absolute Gasteiger partial charge is 0.299 e. The fourth-order valence-electron chi connectivity index (χ4n) is 5.40. The summed E-state index contributed by atoms with van der Waals surface area (Å²) in [5.74, 6) is 3.35. The number of hydrogen-bond acceptors (Lipinski definition) is 1. The topological polar surface area (TPSA) is 17.1 Å². The van der Waals surface area contributed by atoms with Crippen molar-refractivity contribution in [2.45, 2.75) is 53.4 Å². The van der Waals surface area contributed by atoms with Crippen molar-refractivity contribution in [3.05, 3.63) is 0 Å². The third-order valence-electron chi connectivity index (χ3n) is 6.51. The molecule has 0 unspecified atom stereocenters. The second kappa shape index (κ2) is 2.91. The summed E-state index contributed by atoms with van der Waals surface area (Å²) in [6.45, 7) is 9.64. The summed E-state index contributed by atoms with van der Waals surface area (Å²) < 4.78 is 0. The monoisotopic (exact) mass is 220 g/mol. The molecule has 0 saturated heterocycles. The van der Waals surface area contributed by atoms with Crippen molar-refractivity contribution < 1.29 is 4.79 Å². The lowest BCUT2D eigenvalue weighted by atomic mass is 9.67. The molecule has 0 heterocycles. The van der Waals surface area contributed by atoms with Crippen molar-refractivity contribution in [1.82, 2.24) is 0 Å². The third-order valence-corrected chi connectivity index (χ3v) is 6.51. The van der Waals surface area contributed by atoms with Crippen molar-refractivity contribution in [1.29, 1.82) is 0 Å². The average Bonchev–Trinajstić information content (AvgIpc) is 2.67. The Kier molecular flexibility index (Phi) is 1.97. The predicted octanol–water partition coefficient (Wildman–Crippen LogP) is 3.67. The highest BCUT2D eigenvalue weighted by atomic mass is 16.1. The van der Waals surface area contributed by atoms with Gasteiger partial charge in [0.15, 0.2) is 0 Å². The van der Waals surface area contributed by atoms with Crippen molar-refractivity contribution in [2.24, 2.45) is 34.5 Å². The summed E-state index contributed by atoms with van der Waals surface area (Å²) in [4.78, 5) is 12.2. The van der Waals surface area contributed by atoms with Crippen molar-refractivity contribution in [3.8, 4) is 0 Å². The second-order valence-corrected chi connectivity index (χ2v) is 7.31. The van der Waals surface area contributed by atoms with E-state index >= 15 is 0 Å². The molecule has 0 aromatic rings. The quantitative estimate of drug-likeness (QED) is 0.608. The van der Waals surface area contributed by atoms with Gasteiger partial charge in [0.1, 0.15) is 5.78 Å². The highest BCUT2D eigenvalue weighted by Gasteiger charge is 2.70. The molecular weight excluding hydrogens is 196 g/mol. The summed E-state index contributed by atoms with van der Waals surface area (Å²) in [6, 6.07) is 0. The van der Waals surface area contributed by atoms with Gasteiger partial charge in [0, 0.05) is 12.3 Å². The zero-order chi connectivity index (χ0) is 11.7. The number of ketones is 1. The standard InChI is InChI=1S/C15H24O/c1-9-5-6-10-12(16)8-7-11-13(14(11,2)3)15(9,10)4/h9-11,13H,5-8H2,1-4H3/t9-,10-,11-,13+,15-/m1/s1. The van der Waals surface area contributed by atoms with E-state index in [0.717, 1.165) is 37.0 Å². The van der Waals surface area contributed by atoms with Gasteiger partial charge < -0.3 is 0 Å². The van der Waals surface area contributed by atoms with Gasteiger partial charge in [-0.2, -0.15) is 0 Å². The zero-order valence-electron chi connectivity index (χ0n) is 11.0. The van der Waals surface area contributed by atoms with E-state index < -0.39 is 0 Å². The third kappa shape index (κ3) is 1.05. The molecular formula is C15H24O. The molecule has 0 aliphatic heterocycles. The molecule has 16 heavy (non-hydrogen) atoms. The van der Waals surface area contributed by atoms with Crippen molar-refractivity contribution >= 4 is 5.78 Å². The maximum atomic E-state index is 12.2. The molecule has 0 aromatic carbocycles. The summed E-state index contributed by atoms with van der Waals surface area (Å²) in [7, 11) is 0. The smallest absolute Gasteiger partial charge is 0.136 e. The zero-order valence-corrected chi connectivity index (χ0v) is 11.0. The summed E-state index contributed by atoms with van der Waals surface area (Å²) in [5.41, 5.74) is 0.827. The Morgan fingerprint density at radius 3 is 2.50 bits per heavy atom. The summed E-state index contributed by atoms with van der Waals surface area (Å²) in [6.07, 6.45) is 4.45. The summed E-state index contributed by atoms with van der Waals surface area (Å²) >= 11 is 0. The molecule has 0 bridgehead atoms. The van der Waals surface area contributed by atoms with Gasteiger partial charge in [-0.05, 0) is 47.8 Å². The SMILES string of the molecule is C[C@@H]1CC[C@@H]2C(=O)CC[C@@H]3[C@@H](C3(C)C)[C@]12C. The molecule has 3 aliphatic carbocycles. The van der Waals surface area contributed by atoms with Gasteiger partial charge >= 0.3 is 0 Å². The van der Waals surface area contributed by atoms with Crippen LogP contribution < -0.4 is 0 Å². The van der Waals surface area contributed by atoms with Gasteiger partial charge in [-0.15, -0.1) is 0 Å². The molecule has 3 saturated carbocycles. The Hall–Kier alpha value is -0.330. The van der Waals surface area contributed by atoms with Crippen LogP contribution in [-0.2, 0) is 4.79 Å². The van der Waals surface area contributed by atoms with E-state index in [0.29, 0.717) is 22.5 Å². The van der Waals surface area contributed by atoms with Gasteiger partial charge in [-0.3, -0.25) is 4.79 Å². The lowest BCUT2D eigenvalue weighted by Gasteiger charge is -2.36. The lowest BCUT2D eigenvalue weighted by molar-refractivity contribution is -0.126. The molecule has 1 nitrogen and oxygen atoms in total. The molecule has 90 valence electrons.